The van der Waals surface area contributed by atoms with Crippen LogP contribution >= 0.6 is 0 Å². The zero-order valence-corrected chi connectivity index (χ0v) is 19.5. The summed E-state index contributed by atoms with van der Waals surface area (Å²) in [5, 5.41) is -0.285. The lowest BCUT2D eigenvalue weighted by atomic mass is 9.82. The average molecular weight is 430 g/mol. The van der Waals surface area contributed by atoms with Crippen LogP contribution in [0.4, 0.5) is 0 Å². The molecule has 4 aliphatic heterocycles. The molecule has 0 amide bonds. The summed E-state index contributed by atoms with van der Waals surface area (Å²) in [5.41, 5.74) is 1.72. The first-order valence-corrected chi connectivity index (χ1v) is 12.7. The smallest absolute Gasteiger partial charge is 0.349 e. The van der Waals surface area contributed by atoms with Crippen LogP contribution in [0.2, 0.25) is 10.1 Å². The van der Waals surface area contributed by atoms with Crippen LogP contribution in [0.5, 0.6) is 0 Å². The number of hydrogen-bond donors (Lipinski definition) is 0. The first-order valence-electron chi connectivity index (χ1n) is 10.8. The van der Waals surface area contributed by atoms with E-state index in [0.29, 0.717) is 6.61 Å². The number of rotatable bonds is 1. The van der Waals surface area contributed by atoms with Gasteiger partial charge in [-0.1, -0.05) is 71.9 Å². The lowest BCUT2D eigenvalue weighted by Gasteiger charge is -2.56. The highest BCUT2D eigenvalue weighted by atomic mass is 28.4. The molecular weight excluding hydrogens is 398 g/mol. The maximum atomic E-state index is 13.0. The number of fused-ring (bicyclic) bond motifs is 2. The van der Waals surface area contributed by atoms with E-state index in [1.807, 2.05) is 30.3 Å². The van der Waals surface area contributed by atoms with Gasteiger partial charge in [-0.15, -0.1) is 0 Å². The number of aliphatic imine (C=N–C) groups is 1. The van der Waals surface area contributed by atoms with Gasteiger partial charge < -0.3 is 18.3 Å². The summed E-state index contributed by atoms with van der Waals surface area (Å²) in [7, 11) is -2.69. The van der Waals surface area contributed by atoms with Crippen molar-refractivity contribution in [1.82, 2.24) is 0 Å². The van der Waals surface area contributed by atoms with Crippen molar-refractivity contribution in [3.63, 3.8) is 0 Å². The lowest BCUT2D eigenvalue weighted by Crippen LogP contribution is -2.69. The fourth-order valence-electron chi connectivity index (χ4n) is 5.91. The van der Waals surface area contributed by atoms with Crippen molar-refractivity contribution in [3.8, 4) is 0 Å². The van der Waals surface area contributed by atoms with Crippen LogP contribution in [0.1, 0.15) is 47.1 Å². The van der Waals surface area contributed by atoms with Crippen LogP contribution in [0.3, 0.4) is 0 Å². The maximum absolute atomic E-state index is 13.0. The van der Waals surface area contributed by atoms with E-state index in [-0.39, 0.29) is 40.3 Å². The highest BCUT2D eigenvalue weighted by Gasteiger charge is 2.68. The first kappa shape index (κ1) is 20.4. The van der Waals surface area contributed by atoms with Crippen LogP contribution in [0, 0.1) is 11.8 Å². The van der Waals surface area contributed by atoms with Crippen LogP contribution in [0.15, 0.2) is 35.3 Å². The molecule has 0 N–H and O–H groups in total. The minimum absolute atomic E-state index is 0.140. The molecule has 4 heterocycles. The number of benzene rings is 1. The predicted molar refractivity (Wildman–Crippen MR) is 115 cm³/mol. The molecule has 0 bridgehead atoms. The second kappa shape index (κ2) is 6.48. The zero-order valence-electron chi connectivity index (χ0n) is 18.5. The molecular formula is C23H31NO5Si. The van der Waals surface area contributed by atoms with Gasteiger partial charge in [0, 0.05) is 10.1 Å². The Hall–Kier alpha value is -1.54. The third kappa shape index (κ3) is 2.72. The van der Waals surface area contributed by atoms with Crippen molar-refractivity contribution < 1.29 is 23.1 Å². The van der Waals surface area contributed by atoms with Crippen molar-refractivity contribution in [2.24, 2.45) is 16.8 Å². The molecule has 6 nitrogen and oxygen atoms in total. The molecule has 3 fully saturated rings. The molecule has 0 saturated carbocycles. The minimum Gasteiger partial charge on any atom is -0.459 e. The summed E-state index contributed by atoms with van der Waals surface area (Å²) >= 11 is 0. The zero-order chi connectivity index (χ0) is 21.5. The van der Waals surface area contributed by atoms with Crippen LogP contribution in [-0.2, 0) is 23.1 Å². The van der Waals surface area contributed by atoms with Gasteiger partial charge in [0.15, 0.2) is 6.23 Å². The molecule has 5 rings (SSSR count). The summed E-state index contributed by atoms with van der Waals surface area (Å²) in [4.78, 5) is 17.8. The lowest BCUT2D eigenvalue weighted by molar-refractivity contribution is -0.214. The maximum Gasteiger partial charge on any atom is 0.349 e. The number of hydrogen-bond acceptors (Lipinski definition) is 6. The van der Waals surface area contributed by atoms with Crippen molar-refractivity contribution in [2.45, 2.75) is 76.2 Å². The Balaban J connectivity index is 1.51. The van der Waals surface area contributed by atoms with E-state index >= 15 is 0 Å². The normalized spacial score (nSPS) is 37.3. The second-order valence-electron chi connectivity index (χ2n) is 10.9. The Morgan fingerprint density at radius 3 is 2.30 bits per heavy atom. The highest BCUT2D eigenvalue weighted by molar-refractivity contribution is 6.73. The number of esters is 1. The van der Waals surface area contributed by atoms with E-state index in [0.717, 1.165) is 11.3 Å². The number of carbonyl (C=O) groups is 1. The van der Waals surface area contributed by atoms with Crippen molar-refractivity contribution in [2.75, 3.05) is 6.61 Å². The van der Waals surface area contributed by atoms with Gasteiger partial charge in [0.05, 0.1) is 18.2 Å². The fourth-order valence-corrected chi connectivity index (χ4v) is 10.9. The molecule has 0 unspecified atom stereocenters. The molecule has 0 spiro atoms. The van der Waals surface area contributed by atoms with Crippen molar-refractivity contribution in [3.05, 3.63) is 35.9 Å². The monoisotopic (exact) mass is 429 g/mol. The summed E-state index contributed by atoms with van der Waals surface area (Å²) in [6.45, 7) is 13.6. The number of ether oxygens (including phenoxy) is 2. The predicted octanol–water partition coefficient (Wildman–Crippen LogP) is 3.83. The summed E-state index contributed by atoms with van der Waals surface area (Å²) in [5.74, 6) is -0.748. The van der Waals surface area contributed by atoms with Gasteiger partial charge in [-0.2, -0.15) is 0 Å². The van der Waals surface area contributed by atoms with Crippen LogP contribution in [-0.4, -0.2) is 51.4 Å². The molecule has 3 saturated heterocycles. The number of nitrogens with zero attached hydrogens (tertiary/aromatic N) is 1. The molecule has 0 aliphatic carbocycles. The Kier molecular flexibility index (Phi) is 4.40. The first-order chi connectivity index (χ1) is 14.0. The Morgan fingerprint density at radius 2 is 1.67 bits per heavy atom. The second-order valence-corrected chi connectivity index (χ2v) is 15.7. The fraction of sp³-hybridized carbons (Fsp3) is 0.652. The molecule has 6 atom stereocenters. The largest absolute Gasteiger partial charge is 0.459 e. The Morgan fingerprint density at radius 1 is 1.00 bits per heavy atom. The van der Waals surface area contributed by atoms with Crippen molar-refractivity contribution >= 4 is 20.2 Å². The molecule has 7 heteroatoms. The minimum atomic E-state index is -2.69. The Labute approximate surface area is 179 Å². The summed E-state index contributed by atoms with van der Waals surface area (Å²) in [6, 6.07) is 9.85. The standard InChI is InChI=1S/C23H31NO5Si/c1-22(2,3)30(23(4,5)6)26-12-14-18(29-30)19-16-15(21(25)28-19)17(24-20(16)27-14)13-10-8-7-9-11-13/h7-11,14-16,18-20H,12H2,1-6H3/t14-,15+,16+,18-,19-,20-/m1/s1. The van der Waals surface area contributed by atoms with E-state index in [4.69, 9.17) is 23.3 Å². The molecule has 30 heavy (non-hydrogen) atoms. The van der Waals surface area contributed by atoms with Crippen molar-refractivity contribution in [1.29, 1.82) is 0 Å². The van der Waals surface area contributed by atoms with Gasteiger partial charge in [0.1, 0.15) is 24.2 Å². The third-order valence-corrected chi connectivity index (χ3v) is 12.1. The quantitative estimate of drug-likeness (QED) is 0.501. The Bertz CT molecular complexity index is 873. The van der Waals surface area contributed by atoms with E-state index in [1.165, 1.54) is 0 Å². The topological polar surface area (TPSA) is 66.4 Å². The van der Waals surface area contributed by atoms with Gasteiger partial charge >= 0.3 is 14.5 Å². The average Bonchev–Trinajstić information content (AvgIpc) is 3.22. The van der Waals surface area contributed by atoms with E-state index < -0.39 is 20.7 Å². The van der Waals surface area contributed by atoms with E-state index in [1.54, 1.807) is 0 Å². The van der Waals surface area contributed by atoms with Crippen LogP contribution < -0.4 is 0 Å². The number of carbonyl (C=O) groups excluding carboxylic acids is 1. The molecule has 162 valence electrons. The van der Waals surface area contributed by atoms with Gasteiger partial charge in [-0.25, -0.2) is 0 Å². The molecule has 0 radical (unpaired) electrons. The van der Waals surface area contributed by atoms with E-state index in [9.17, 15) is 4.79 Å². The third-order valence-electron chi connectivity index (χ3n) is 6.96. The summed E-state index contributed by atoms with van der Waals surface area (Å²) in [6.07, 6.45) is -1.35. The van der Waals surface area contributed by atoms with Gasteiger partial charge in [-0.05, 0) is 5.56 Å². The van der Waals surface area contributed by atoms with E-state index in [2.05, 4.69) is 41.5 Å². The van der Waals surface area contributed by atoms with Gasteiger partial charge in [0.2, 0.25) is 0 Å². The highest BCUT2D eigenvalue weighted by Crippen LogP contribution is 2.57. The molecule has 1 aromatic carbocycles. The van der Waals surface area contributed by atoms with Crippen LogP contribution in [0.25, 0.3) is 0 Å². The molecule has 4 aliphatic rings. The SMILES string of the molecule is CC(C)(C)[Si]1(C(C)(C)C)OC[C@H]2O[C@H]3N=C(c4ccccc4)[C@H]4C(=O)O[C@@H]([C@@H]2O1)[C@H]43. The molecule has 0 aromatic heterocycles. The van der Waals surface area contributed by atoms with Gasteiger partial charge in [0.25, 0.3) is 0 Å². The van der Waals surface area contributed by atoms with Gasteiger partial charge in [-0.3, -0.25) is 9.79 Å². The summed E-state index contributed by atoms with van der Waals surface area (Å²) < 4.78 is 25.8. The molecule has 1 aromatic rings.